The fourth-order valence-electron chi connectivity index (χ4n) is 2.52. The smallest absolute Gasteiger partial charge is 0.338 e. The van der Waals surface area contributed by atoms with Crippen molar-refractivity contribution in [3.8, 4) is 5.69 Å². The van der Waals surface area contributed by atoms with E-state index in [1.807, 2.05) is 13.0 Å². The third-order valence-corrected chi connectivity index (χ3v) is 3.98. The average molecular weight is 353 g/mol. The molecule has 0 aliphatic carbocycles. The van der Waals surface area contributed by atoms with E-state index < -0.39 is 11.9 Å². The molecule has 0 aliphatic rings. The molecule has 0 fully saturated rings. The monoisotopic (exact) mass is 353 g/mol. The van der Waals surface area contributed by atoms with Crippen LogP contribution < -0.4 is 5.32 Å². The predicted octanol–water partition coefficient (Wildman–Crippen LogP) is 2.02. The summed E-state index contributed by atoms with van der Waals surface area (Å²) in [6.45, 7) is 3.28. The number of aryl methyl sites for hydroxylation is 2. The van der Waals surface area contributed by atoms with Gasteiger partial charge in [-0.2, -0.15) is 10.2 Å². The summed E-state index contributed by atoms with van der Waals surface area (Å²) in [5, 5.41) is 11.1. The molecule has 1 aromatic carbocycles. The molecule has 1 N–H and O–H groups in total. The van der Waals surface area contributed by atoms with Gasteiger partial charge in [-0.05, 0) is 44.2 Å². The molecule has 0 radical (unpaired) electrons. The lowest BCUT2D eigenvalue weighted by Gasteiger charge is -2.08. The first-order valence-corrected chi connectivity index (χ1v) is 8.03. The van der Waals surface area contributed by atoms with Gasteiger partial charge in [-0.25, -0.2) is 9.48 Å². The highest BCUT2D eigenvalue weighted by molar-refractivity contribution is 5.96. The molecule has 0 bridgehead atoms. The number of carbonyl (C=O) groups excluding carboxylic acids is 2. The minimum atomic E-state index is -0.563. The average Bonchev–Trinajstić information content (AvgIpc) is 3.25. The van der Waals surface area contributed by atoms with Crippen LogP contribution in [0.25, 0.3) is 5.69 Å². The Morgan fingerprint density at radius 1 is 1.19 bits per heavy atom. The van der Waals surface area contributed by atoms with Crippen LogP contribution in [-0.4, -0.2) is 38.0 Å². The lowest BCUT2D eigenvalue weighted by molar-refractivity contribution is -0.119. The first-order valence-electron chi connectivity index (χ1n) is 8.03. The van der Waals surface area contributed by atoms with Crippen molar-refractivity contribution in [1.29, 1.82) is 0 Å². The number of anilines is 1. The Labute approximate surface area is 150 Å². The highest BCUT2D eigenvalue weighted by Crippen LogP contribution is 2.18. The summed E-state index contributed by atoms with van der Waals surface area (Å²) < 4.78 is 8.44. The van der Waals surface area contributed by atoms with Crippen LogP contribution in [0.2, 0.25) is 0 Å². The lowest BCUT2D eigenvalue weighted by Crippen LogP contribution is -2.21. The number of esters is 1. The van der Waals surface area contributed by atoms with Crippen molar-refractivity contribution in [3.63, 3.8) is 0 Å². The molecule has 0 saturated carbocycles. The number of hydrogen-bond acceptors (Lipinski definition) is 5. The van der Waals surface area contributed by atoms with Crippen LogP contribution in [0.15, 0.2) is 42.7 Å². The number of nitrogens with zero attached hydrogens (tertiary/aromatic N) is 4. The van der Waals surface area contributed by atoms with Crippen molar-refractivity contribution < 1.29 is 14.3 Å². The molecule has 0 saturated heterocycles. The van der Waals surface area contributed by atoms with Crippen molar-refractivity contribution in [3.05, 3.63) is 59.7 Å². The van der Waals surface area contributed by atoms with Crippen LogP contribution in [0.1, 0.15) is 21.7 Å². The first kappa shape index (κ1) is 17.4. The molecular weight excluding hydrogens is 334 g/mol. The van der Waals surface area contributed by atoms with E-state index in [4.69, 9.17) is 4.74 Å². The highest BCUT2D eigenvalue weighted by atomic mass is 16.5. The Bertz CT molecular complexity index is 927. The molecule has 8 heteroatoms. The first-order chi connectivity index (χ1) is 12.5. The van der Waals surface area contributed by atoms with E-state index in [0.717, 1.165) is 11.4 Å². The molecule has 1 amide bonds. The van der Waals surface area contributed by atoms with Gasteiger partial charge in [0.2, 0.25) is 0 Å². The number of amides is 1. The van der Waals surface area contributed by atoms with E-state index in [1.165, 1.54) is 0 Å². The molecule has 3 rings (SSSR count). The van der Waals surface area contributed by atoms with Crippen molar-refractivity contribution in [1.82, 2.24) is 19.6 Å². The second kappa shape index (κ2) is 7.22. The SMILES string of the molecule is Cc1nn(C)c(C)c1NC(=O)COC(=O)c1ccc(-n2cccn2)cc1. The van der Waals surface area contributed by atoms with Crippen molar-refractivity contribution >= 4 is 17.6 Å². The van der Waals surface area contributed by atoms with Crippen LogP contribution in [0.4, 0.5) is 5.69 Å². The number of ether oxygens (including phenoxy) is 1. The zero-order chi connectivity index (χ0) is 18.7. The van der Waals surface area contributed by atoms with Gasteiger partial charge in [0, 0.05) is 19.4 Å². The van der Waals surface area contributed by atoms with Crippen LogP contribution >= 0.6 is 0 Å². The minimum absolute atomic E-state index is 0.363. The quantitative estimate of drug-likeness (QED) is 0.709. The van der Waals surface area contributed by atoms with Crippen LogP contribution in [-0.2, 0) is 16.6 Å². The molecule has 0 unspecified atom stereocenters. The zero-order valence-electron chi connectivity index (χ0n) is 14.8. The molecule has 0 spiro atoms. The molecule has 8 nitrogen and oxygen atoms in total. The van der Waals surface area contributed by atoms with E-state index in [0.29, 0.717) is 16.9 Å². The van der Waals surface area contributed by atoms with Crippen molar-refractivity contribution in [2.24, 2.45) is 7.05 Å². The Hall–Kier alpha value is -3.42. The van der Waals surface area contributed by atoms with Gasteiger partial charge in [-0.3, -0.25) is 9.48 Å². The van der Waals surface area contributed by atoms with Gasteiger partial charge in [-0.1, -0.05) is 0 Å². The third kappa shape index (κ3) is 3.64. The van der Waals surface area contributed by atoms with Gasteiger partial charge in [0.1, 0.15) is 0 Å². The van der Waals surface area contributed by atoms with E-state index in [2.05, 4.69) is 15.5 Å². The Morgan fingerprint density at radius 2 is 1.92 bits per heavy atom. The summed E-state index contributed by atoms with van der Waals surface area (Å²) in [6, 6.07) is 8.59. The van der Waals surface area contributed by atoms with Gasteiger partial charge >= 0.3 is 5.97 Å². The molecule has 134 valence electrons. The summed E-state index contributed by atoms with van der Waals surface area (Å²) >= 11 is 0. The van der Waals surface area contributed by atoms with Crippen LogP contribution in [0.3, 0.4) is 0 Å². The van der Waals surface area contributed by atoms with E-state index in [-0.39, 0.29) is 6.61 Å². The second-order valence-electron chi connectivity index (χ2n) is 5.79. The van der Waals surface area contributed by atoms with Crippen molar-refractivity contribution in [2.45, 2.75) is 13.8 Å². The second-order valence-corrected chi connectivity index (χ2v) is 5.79. The summed E-state index contributed by atoms with van der Waals surface area (Å²) in [5.41, 5.74) is 3.36. The lowest BCUT2D eigenvalue weighted by atomic mass is 10.2. The number of hydrogen-bond donors (Lipinski definition) is 1. The molecule has 2 heterocycles. The van der Waals surface area contributed by atoms with Gasteiger partial charge in [-0.15, -0.1) is 0 Å². The Kier molecular flexibility index (Phi) is 4.83. The molecule has 0 aliphatic heterocycles. The van der Waals surface area contributed by atoms with Crippen molar-refractivity contribution in [2.75, 3.05) is 11.9 Å². The van der Waals surface area contributed by atoms with Crippen LogP contribution in [0, 0.1) is 13.8 Å². The van der Waals surface area contributed by atoms with E-state index >= 15 is 0 Å². The fourth-order valence-corrected chi connectivity index (χ4v) is 2.52. The van der Waals surface area contributed by atoms with Gasteiger partial charge in [0.25, 0.3) is 5.91 Å². The van der Waals surface area contributed by atoms with Gasteiger partial charge in [0.05, 0.1) is 28.3 Å². The minimum Gasteiger partial charge on any atom is -0.452 e. The molecule has 0 atom stereocenters. The van der Waals surface area contributed by atoms with Gasteiger partial charge in [0.15, 0.2) is 6.61 Å². The summed E-state index contributed by atoms with van der Waals surface area (Å²) in [4.78, 5) is 24.1. The fraction of sp³-hybridized carbons (Fsp3) is 0.222. The third-order valence-electron chi connectivity index (χ3n) is 3.98. The summed E-state index contributed by atoms with van der Waals surface area (Å²) in [5.74, 6) is -0.975. The normalized spacial score (nSPS) is 10.6. The molecule has 3 aromatic rings. The van der Waals surface area contributed by atoms with Crippen LogP contribution in [0.5, 0.6) is 0 Å². The standard InChI is InChI=1S/C18H19N5O3/c1-12-17(13(2)22(3)21-12)20-16(24)11-26-18(25)14-5-7-15(8-6-14)23-10-4-9-19-23/h4-10H,11H2,1-3H3,(H,20,24). The maximum Gasteiger partial charge on any atom is 0.338 e. The maximum atomic E-state index is 12.1. The Balaban J connectivity index is 1.57. The predicted molar refractivity (Wildman–Crippen MR) is 95.2 cm³/mol. The van der Waals surface area contributed by atoms with Gasteiger partial charge < -0.3 is 10.1 Å². The number of nitrogens with one attached hydrogen (secondary N) is 1. The highest BCUT2D eigenvalue weighted by Gasteiger charge is 2.15. The summed E-state index contributed by atoms with van der Waals surface area (Å²) in [7, 11) is 1.80. The topological polar surface area (TPSA) is 91.0 Å². The number of benzene rings is 1. The number of aromatic nitrogens is 4. The maximum absolute atomic E-state index is 12.1. The summed E-state index contributed by atoms with van der Waals surface area (Å²) in [6.07, 6.45) is 3.48. The number of rotatable bonds is 5. The molecule has 26 heavy (non-hydrogen) atoms. The Morgan fingerprint density at radius 3 is 2.50 bits per heavy atom. The molecule has 2 aromatic heterocycles. The van der Waals surface area contributed by atoms with E-state index in [1.54, 1.807) is 60.0 Å². The molecular formula is C18H19N5O3. The van der Waals surface area contributed by atoms with E-state index in [9.17, 15) is 9.59 Å². The number of carbonyl (C=O) groups is 2. The largest absolute Gasteiger partial charge is 0.452 e. The zero-order valence-corrected chi connectivity index (χ0v) is 14.8.